The summed E-state index contributed by atoms with van der Waals surface area (Å²) < 4.78 is 0. The van der Waals surface area contributed by atoms with E-state index < -0.39 is 18.0 Å². The van der Waals surface area contributed by atoms with Gasteiger partial charge in [0.1, 0.15) is 0 Å². The van der Waals surface area contributed by atoms with Gasteiger partial charge in [0, 0.05) is 49.8 Å². The normalized spacial score (nSPS) is 15.3. The average Bonchev–Trinajstić information content (AvgIpc) is 2.72. The first-order chi connectivity index (χ1) is 13.0. The molecular weight excluding hydrogens is 350 g/mol. The summed E-state index contributed by atoms with van der Waals surface area (Å²) >= 11 is 0. The molecule has 1 fully saturated rings. The first kappa shape index (κ1) is 18.6. The maximum absolute atomic E-state index is 12.0. The zero-order chi connectivity index (χ0) is 19.2. The van der Waals surface area contributed by atoms with E-state index in [1.807, 2.05) is 12.1 Å². The van der Waals surface area contributed by atoms with Gasteiger partial charge in [0.2, 0.25) is 5.95 Å². The van der Waals surface area contributed by atoms with Crippen molar-refractivity contribution in [3.63, 3.8) is 0 Å². The monoisotopic (exact) mass is 371 g/mol. The number of aromatic nitrogens is 2. The Hall–Kier alpha value is -3.20. The van der Waals surface area contributed by atoms with Gasteiger partial charge in [-0.15, -0.1) is 0 Å². The van der Waals surface area contributed by atoms with Crippen LogP contribution in [0.5, 0.6) is 0 Å². The lowest BCUT2D eigenvalue weighted by atomic mass is 10.1. The molecule has 2 heterocycles. The first-order valence-corrected chi connectivity index (χ1v) is 8.60. The third-order valence-corrected chi connectivity index (χ3v) is 4.35. The number of hydrogen-bond acceptors (Lipinski definition) is 7. The van der Waals surface area contributed by atoms with Crippen LogP contribution in [-0.2, 0) is 4.79 Å². The second kappa shape index (κ2) is 8.45. The number of rotatable bonds is 6. The van der Waals surface area contributed by atoms with Gasteiger partial charge in [0.25, 0.3) is 5.91 Å². The van der Waals surface area contributed by atoms with Crippen LogP contribution in [0.2, 0.25) is 0 Å². The van der Waals surface area contributed by atoms with E-state index in [9.17, 15) is 14.7 Å². The van der Waals surface area contributed by atoms with E-state index in [0.717, 1.165) is 37.8 Å². The lowest BCUT2D eigenvalue weighted by molar-refractivity contribution is -0.146. The van der Waals surface area contributed by atoms with Crippen LogP contribution in [0.15, 0.2) is 42.7 Å². The van der Waals surface area contributed by atoms with E-state index in [2.05, 4.69) is 25.1 Å². The van der Waals surface area contributed by atoms with Crippen LogP contribution in [0.1, 0.15) is 10.4 Å². The van der Waals surface area contributed by atoms with Crippen LogP contribution in [0, 0.1) is 0 Å². The van der Waals surface area contributed by atoms with E-state index in [1.165, 1.54) is 0 Å². The molecule has 0 saturated carbocycles. The molecule has 3 N–H and O–H groups in total. The van der Waals surface area contributed by atoms with Gasteiger partial charge in [-0.25, -0.2) is 14.8 Å². The van der Waals surface area contributed by atoms with Crippen LogP contribution < -0.4 is 15.1 Å². The van der Waals surface area contributed by atoms with Gasteiger partial charge in [-0.3, -0.25) is 4.79 Å². The topological polar surface area (TPSA) is 119 Å². The number of aliphatic carboxylic acids is 1. The number of piperazine rings is 1. The standard InChI is InChI=1S/C18H21N5O4/c24-15(17(26)27)12-21-16(25)13-2-4-14(5-3-13)22-8-10-23(11-9-22)18-19-6-1-7-20-18/h1-7,15,24H,8-12H2,(H,21,25)(H,26,27)/t15-/m0/s1. The highest BCUT2D eigenvalue weighted by molar-refractivity contribution is 5.94. The third kappa shape index (κ3) is 4.70. The predicted molar refractivity (Wildman–Crippen MR) is 98.9 cm³/mol. The molecule has 27 heavy (non-hydrogen) atoms. The number of carbonyl (C=O) groups excluding carboxylic acids is 1. The van der Waals surface area contributed by atoms with Crippen molar-refractivity contribution in [3.8, 4) is 0 Å². The van der Waals surface area contributed by atoms with Gasteiger partial charge in [-0.05, 0) is 30.3 Å². The molecule has 142 valence electrons. The first-order valence-electron chi connectivity index (χ1n) is 8.60. The Balaban J connectivity index is 1.53. The number of hydrogen-bond donors (Lipinski definition) is 3. The van der Waals surface area contributed by atoms with Crippen molar-refractivity contribution in [2.24, 2.45) is 0 Å². The summed E-state index contributed by atoms with van der Waals surface area (Å²) in [4.78, 5) is 35.5. The highest BCUT2D eigenvalue weighted by Gasteiger charge is 2.19. The zero-order valence-corrected chi connectivity index (χ0v) is 14.7. The van der Waals surface area contributed by atoms with E-state index in [1.54, 1.807) is 30.6 Å². The number of amides is 1. The fraction of sp³-hybridized carbons (Fsp3) is 0.333. The summed E-state index contributed by atoms with van der Waals surface area (Å²) in [5.41, 5.74) is 1.42. The summed E-state index contributed by atoms with van der Waals surface area (Å²) in [5, 5.41) is 20.2. The predicted octanol–water partition coefficient (Wildman–Crippen LogP) is -0.0215. The molecule has 0 unspecified atom stereocenters. The maximum Gasteiger partial charge on any atom is 0.334 e. The van der Waals surface area contributed by atoms with Crippen LogP contribution in [0.3, 0.4) is 0 Å². The largest absolute Gasteiger partial charge is 0.479 e. The van der Waals surface area contributed by atoms with Crippen molar-refractivity contribution >= 4 is 23.5 Å². The minimum atomic E-state index is -1.61. The summed E-state index contributed by atoms with van der Waals surface area (Å²) in [7, 11) is 0. The van der Waals surface area contributed by atoms with Gasteiger partial charge in [-0.1, -0.05) is 0 Å². The second-order valence-electron chi connectivity index (χ2n) is 6.13. The number of carbonyl (C=O) groups is 2. The lowest BCUT2D eigenvalue weighted by Gasteiger charge is -2.36. The quantitative estimate of drug-likeness (QED) is 0.648. The number of benzene rings is 1. The van der Waals surface area contributed by atoms with E-state index >= 15 is 0 Å². The number of aliphatic hydroxyl groups is 1. The zero-order valence-electron chi connectivity index (χ0n) is 14.7. The molecule has 0 bridgehead atoms. The van der Waals surface area contributed by atoms with E-state index in [-0.39, 0.29) is 6.54 Å². The minimum Gasteiger partial charge on any atom is -0.479 e. The van der Waals surface area contributed by atoms with Crippen LogP contribution in [0.4, 0.5) is 11.6 Å². The molecule has 1 atom stereocenters. The van der Waals surface area contributed by atoms with Gasteiger partial charge in [-0.2, -0.15) is 0 Å². The maximum atomic E-state index is 12.0. The molecule has 1 aromatic heterocycles. The molecule has 9 nitrogen and oxygen atoms in total. The number of nitrogens with zero attached hydrogens (tertiary/aromatic N) is 4. The molecule has 9 heteroatoms. The summed E-state index contributed by atoms with van der Waals surface area (Å²) in [5.74, 6) is -1.06. The van der Waals surface area contributed by atoms with Crippen LogP contribution in [0.25, 0.3) is 0 Å². The molecule has 3 rings (SSSR count). The molecule has 1 aromatic carbocycles. The Morgan fingerprint density at radius 2 is 1.63 bits per heavy atom. The molecular formula is C18H21N5O4. The molecule has 0 spiro atoms. The van der Waals surface area contributed by atoms with Crippen LogP contribution in [-0.4, -0.2) is 70.9 Å². The number of carboxylic acids is 1. The van der Waals surface area contributed by atoms with Crippen molar-refractivity contribution in [3.05, 3.63) is 48.3 Å². The number of carboxylic acid groups (broad SMARTS) is 1. The van der Waals surface area contributed by atoms with Gasteiger partial charge in [0.05, 0.1) is 6.54 Å². The molecule has 1 amide bonds. The molecule has 0 radical (unpaired) electrons. The molecule has 1 aliphatic heterocycles. The number of anilines is 2. The smallest absolute Gasteiger partial charge is 0.334 e. The van der Waals surface area contributed by atoms with Gasteiger partial charge >= 0.3 is 5.97 Å². The minimum absolute atomic E-state index is 0.334. The van der Waals surface area contributed by atoms with Crippen molar-refractivity contribution in [1.29, 1.82) is 0 Å². The number of nitrogens with one attached hydrogen (secondary N) is 1. The van der Waals surface area contributed by atoms with Gasteiger partial charge < -0.3 is 25.3 Å². The Kier molecular flexibility index (Phi) is 5.82. The second-order valence-corrected chi connectivity index (χ2v) is 6.13. The highest BCUT2D eigenvalue weighted by Crippen LogP contribution is 2.19. The molecule has 0 aliphatic carbocycles. The van der Waals surface area contributed by atoms with Gasteiger partial charge in [0.15, 0.2) is 6.10 Å². The molecule has 1 saturated heterocycles. The Bertz CT molecular complexity index is 776. The molecule has 1 aliphatic rings. The average molecular weight is 371 g/mol. The number of aliphatic hydroxyl groups excluding tert-OH is 1. The van der Waals surface area contributed by atoms with E-state index in [4.69, 9.17) is 5.11 Å². The fourth-order valence-electron chi connectivity index (χ4n) is 2.82. The Morgan fingerprint density at radius 1 is 1.04 bits per heavy atom. The molecule has 2 aromatic rings. The lowest BCUT2D eigenvalue weighted by Crippen LogP contribution is -2.47. The Labute approximate surface area is 156 Å². The summed E-state index contributed by atoms with van der Waals surface area (Å²) in [6, 6.07) is 8.88. The summed E-state index contributed by atoms with van der Waals surface area (Å²) in [6.45, 7) is 2.90. The van der Waals surface area contributed by atoms with E-state index in [0.29, 0.717) is 5.56 Å². The van der Waals surface area contributed by atoms with Crippen molar-refractivity contribution in [2.75, 3.05) is 42.5 Å². The van der Waals surface area contributed by atoms with Crippen LogP contribution >= 0.6 is 0 Å². The van der Waals surface area contributed by atoms with Crippen molar-refractivity contribution in [1.82, 2.24) is 15.3 Å². The summed E-state index contributed by atoms with van der Waals surface area (Å²) in [6.07, 6.45) is 1.85. The fourth-order valence-corrected chi connectivity index (χ4v) is 2.82. The third-order valence-electron chi connectivity index (χ3n) is 4.35. The Morgan fingerprint density at radius 3 is 2.22 bits per heavy atom. The van der Waals surface area contributed by atoms with Crippen molar-refractivity contribution in [2.45, 2.75) is 6.10 Å². The highest BCUT2D eigenvalue weighted by atomic mass is 16.4. The SMILES string of the molecule is O=C(NC[C@H](O)C(=O)O)c1ccc(N2CCN(c3ncccn3)CC2)cc1. The van der Waals surface area contributed by atoms with Crippen molar-refractivity contribution < 1.29 is 19.8 Å².